The van der Waals surface area contributed by atoms with Gasteiger partial charge < -0.3 is 14.8 Å². The number of rotatable bonds is 8. The molecule has 1 aliphatic heterocycles. The molecular formula is C23H24N2O4S2. The first-order valence-corrected chi connectivity index (χ1v) is 11.1. The second kappa shape index (κ2) is 10.5. The van der Waals surface area contributed by atoms with Crippen molar-refractivity contribution in [3.05, 3.63) is 59.0 Å². The zero-order valence-electron chi connectivity index (χ0n) is 17.6. The zero-order chi connectivity index (χ0) is 22.4. The van der Waals surface area contributed by atoms with Crippen LogP contribution in [-0.2, 0) is 9.59 Å². The quantitative estimate of drug-likeness (QED) is 0.458. The maximum atomic E-state index is 12.5. The number of hydrogen-bond donors (Lipinski definition) is 1. The third kappa shape index (κ3) is 6.08. The summed E-state index contributed by atoms with van der Waals surface area (Å²) in [6.07, 6.45) is 1.81. The van der Waals surface area contributed by atoms with Crippen molar-refractivity contribution in [1.82, 2.24) is 4.90 Å². The van der Waals surface area contributed by atoms with Crippen LogP contribution < -0.4 is 14.8 Å². The normalized spacial score (nSPS) is 15.0. The van der Waals surface area contributed by atoms with Gasteiger partial charge in [-0.1, -0.05) is 36.1 Å². The van der Waals surface area contributed by atoms with E-state index in [1.165, 1.54) is 11.8 Å². The van der Waals surface area contributed by atoms with Gasteiger partial charge in [0.05, 0.1) is 11.5 Å². The molecule has 1 fully saturated rings. The number of carbonyl (C=O) groups excluding carboxylic acids is 2. The summed E-state index contributed by atoms with van der Waals surface area (Å²) in [5.41, 5.74) is 1.53. The Labute approximate surface area is 191 Å². The number of ether oxygens (including phenoxy) is 2. The zero-order valence-corrected chi connectivity index (χ0v) is 19.2. The minimum Gasteiger partial charge on any atom is -0.494 e. The van der Waals surface area contributed by atoms with Crippen LogP contribution in [0.2, 0.25) is 0 Å². The predicted molar refractivity (Wildman–Crippen MR) is 128 cm³/mol. The predicted octanol–water partition coefficient (Wildman–Crippen LogP) is 4.71. The molecule has 2 amide bonds. The first kappa shape index (κ1) is 22.8. The molecule has 6 nitrogen and oxygen atoms in total. The van der Waals surface area contributed by atoms with Gasteiger partial charge in [-0.25, -0.2) is 0 Å². The van der Waals surface area contributed by atoms with Crippen LogP contribution in [0.3, 0.4) is 0 Å². The number of nitrogens with one attached hydrogen (secondary N) is 1. The van der Waals surface area contributed by atoms with Crippen LogP contribution in [0.15, 0.2) is 53.4 Å². The molecule has 0 aliphatic carbocycles. The van der Waals surface area contributed by atoms with Crippen molar-refractivity contribution >= 4 is 51.9 Å². The van der Waals surface area contributed by atoms with Crippen molar-refractivity contribution in [3.8, 4) is 11.5 Å². The van der Waals surface area contributed by atoms with Crippen LogP contribution >= 0.6 is 24.0 Å². The lowest BCUT2D eigenvalue weighted by Gasteiger charge is -2.18. The third-order valence-corrected chi connectivity index (χ3v) is 5.67. The molecule has 0 radical (unpaired) electrons. The fourth-order valence-electron chi connectivity index (χ4n) is 2.88. The van der Waals surface area contributed by atoms with Gasteiger partial charge in [0, 0.05) is 11.7 Å². The molecule has 2 aromatic carbocycles. The second-order valence-corrected chi connectivity index (χ2v) is 8.68. The van der Waals surface area contributed by atoms with E-state index in [4.69, 9.17) is 21.7 Å². The maximum absolute atomic E-state index is 12.5. The summed E-state index contributed by atoms with van der Waals surface area (Å²) >= 11 is 6.60. The summed E-state index contributed by atoms with van der Waals surface area (Å²) in [5, 5.41) is 2.78. The SMILES string of the molecule is CCOc1ccc(NC(=O)COc2ccc(/C=C3\SC(=S)N(C(C)C)C3=O)cc2)cc1. The van der Waals surface area contributed by atoms with Crippen LogP contribution in [0, 0.1) is 0 Å². The van der Waals surface area contributed by atoms with Gasteiger partial charge in [-0.15, -0.1) is 0 Å². The maximum Gasteiger partial charge on any atom is 0.266 e. The molecular weight excluding hydrogens is 432 g/mol. The Balaban J connectivity index is 1.53. The molecule has 0 aromatic heterocycles. The average molecular weight is 457 g/mol. The third-order valence-electron chi connectivity index (χ3n) is 4.34. The van der Waals surface area contributed by atoms with Crippen molar-refractivity contribution in [1.29, 1.82) is 0 Å². The summed E-state index contributed by atoms with van der Waals surface area (Å²) in [4.78, 5) is 26.8. The molecule has 0 atom stereocenters. The molecule has 2 aromatic rings. The number of nitrogens with zero attached hydrogens (tertiary/aromatic N) is 1. The number of carbonyl (C=O) groups is 2. The van der Waals surface area contributed by atoms with Crippen LogP contribution in [0.1, 0.15) is 26.3 Å². The van der Waals surface area contributed by atoms with Crippen LogP contribution in [-0.4, -0.2) is 40.3 Å². The Morgan fingerprint density at radius 1 is 1.10 bits per heavy atom. The van der Waals surface area contributed by atoms with Gasteiger partial charge in [0.2, 0.25) is 0 Å². The Morgan fingerprint density at radius 3 is 2.29 bits per heavy atom. The molecule has 0 saturated carbocycles. The van der Waals surface area contributed by atoms with Crippen molar-refractivity contribution in [3.63, 3.8) is 0 Å². The van der Waals surface area contributed by atoms with E-state index in [0.29, 0.717) is 27.3 Å². The van der Waals surface area contributed by atoms with Crippen molar-refractivity contribution in [2.75, 3.05) is 18.5 Å². The van der Waals surface area contributed by atoms with Gasteiger partial charge >= 0.3 is 0 Å². The van der Waals surface area contributed by atoms with E-state index in [9.17, 15) is 9.59 Å². The molecule has 1 saturated heterocycles. The lowest BCUT2D eigenvalue weighted by Crippen LogP contribution is -2.34. The van der Waals surface area contributed by atoms with Crippen molar-refractivity contribution in [2.45, 2.75) is 26.8 Å². The Morgan fingerprint density at radius 2 is 1.71 bits per heavy atom. The minimum atomic E-state index is -0.259. The van der Waals surface area contributed by atoms with Crippen LogP contribution in [0.4, 0.5) is 5.69 Å². The molecule has 1 N–H and O–H groups in total. The minimum absolute atomic E-state index is 0.0305. The molecule has 162 valence electrons. The highest BCUT2D eigenvalue weighted by Gasteiger charge is 2.33. The summed E-state index contributed by atoms with van der Waals surface area (Å²) in [6, 6.07) is 14.4. The standard InChI is InChI=1S/C23H24N2O4S2/c1-4-28-18-11-7-17(8-12-18)24-21(26)14-29-19-9-5-16(6-10-19)13-20-22(27)25(15(2)3)23(30)31-20/h5-13,15H,4,14H2,1-3H3,(H,24,26)/b20-13-. The molecule has 0 spiro atoms. The Hall–Kier alpha value is -2.84. The molecule has 8 heteroatoms. The lowest BCUT2D eigenvalue weighted by atomic mass is 10.2. The fourth-order valence-corrected chi connectivity index (χ4v) is 4.41. The van der Waals surface area contributed by atoms with Crippen molar-refractivity contribution in [2.24, 2.45) is 0 Å². The molecule has 31 heavy (non-hydrogen) atoms. The highest BCUT2D eigenvalue weighted by atomic mass is 32.2. The largest absolute Gasteiger partial charge is 0.494 e. The van der Waals surface area contributed by atoms with E-state index in [0.717, 1.165) is 11.3 Å². The highest BCUT2D eigenvalue weighted by molar-refractivity contribution is 8.26. The summed E-state index contributed by atoms with van der Waals surface area (Å²) in [6.45, 7) is 6.27. The number of thiocarbonyl (C=S) groups is 1. The first-order valence-electron chi connectivity index (χ1n) is 9.90. The molecule has 1 heterocycles. The number of amides is 2. The lowest BCUT2D eigenvalue weighted by molar-refractivity contribution is -0.123. The molecule has 0 bridgehead atoms. The number of thioether (sulfide) groups is 1. The fraction of sp³-hybridized carbons (Fsp3) is 0.261. The highest BCUT2D eigenvalue weighted by Crippen LogP contribution is 2.34. The number of benzene rings is 2. The van der Waals surface area contributed by atoms with Gasteiger partial charge in [0.1, 0.15) is 15.8 Å². The summed E-state index contributed by atoms with van der Waals surface area (Å²) in [7, 11) is 0. The molecule has 1 aliphatic rings. The van der Waals surface area contributed by atoms with Crippen LogP contribution in [0.5, 0.6) is 11.5 Å². The van der Waals surface area contributed by atoms with Crippen LogP contribution in [0.25, 0.3) is 6.08 Å². The van der Waals surface area contributed by atoms with Crippen molar-refractivity contribution < 1.29 is 19.1 Å². The topological polar surface area (TPSA) is 67.9 Å². The van der Waals surface area contributed by atoms with Gasteiger partial charge in [-0.2, -0.15) is 0 Å². The molecule has 0 unspecified atom stereocenters. The van der Waals surface area contributed by atoms with Gasteiger partial charge in [0.25, 0.3) is 11.8 Å². The van der Waals surface area contributed by atoms with E-state index >= 15 is 0 Å². The van der Waals surface area contributed by atoms with E-state index in [1.807, 2.05) is 39.0 Å². The smallest absolute Gasteiger partial charge is 0.266 e. The van der Waals surface area contributed by atoms with E-state index < -0.39 is 0 Å². The van der Waals surface area contributed by atoms with Gasteiger partial charge in [0.15, 0.2) is 6.61 Å². The van der Waals surface area contributed by atoms with Gasteiger partial charge in [-0.3, -0.25) is 14.5 Å². The van der Waals surface area contributed by atoms with Gasteiger partial charge in [-0.05, 0) is 68.8 Å². The van der Waals surface area contributed by atoms with E-state index in [-0.39, 0.29) is 24.5 Å². The first-order chi connectivity index (χ1) is 14.9. The summed E-state index contributed by atoms with van der Waals surface area (Å²) < 4.78 is 11.5. The molecule has 3 rings (SSSR count). The number of hydrogen-bond acceptors (Lipinski definition) is 6. The Kier molecular flexibility index (Phi) is 7.70. The van der Waals surface area contributed by atoms with E-state index in [2.05, 4.69) is 5.32 Å². The monoisotopic (exact) mass is 456 g/mol. The second-order valence-electron chi connectivity index (χ2n) is 7.01. The number of anilines is 1. The van der Waals surface area contributed by atoms with E-state index in [1.54, 1.807) is 41.3 Å². The Bertz CT molecular complexity index is 986. The average Bonchev–Trinajstić information content (AvgIpc) is 3.02. The summed E-state index contributed by atoms with van der Waals surface area (Å²) in [5.74, 6) is 0.985.